The van der Waals surface area contributed by atoms with Gasteiger partial charge in [-0.1, -0.05) is 12.8 Å². The number of hydrogen-bond acceptors (Lipinski definition) is 6. The van der Waals surface area contributed by atoms with E-state index in [1.54, 1.807) is 13.1 Å². The average Bonchev–Trinajstić information content (AvgIpc) is 3.16. The molecule has 0 bridgehead atoms. The quantitative estimate of drug-likeness (QED) is 0.589. The number of anilines is 1. The van der Waals surface area contributed by atoms with Crippen LogP contribution in [0.15, 0.2) is 12.1 Å². The van der Waals surface area contributed by atoms with Gasteiger partial charge >= 0.3 is 6.18 Å². The number of carbonyl (C=O) groups is 1. The Balaban J connectivity index is 1.26. The number of aromatic nitrogens is 2. The molecule has 0 spiro atoms. The number of piperidine rings is 1. The monoisotopic (exact) mass is 550 g/mol. The number of carbonyl (C=O) groups excluding carboxylic acids is 1. The molecule has 0 atom stereocenters. The molecular weight excluding hydrogens is 509 g/mol. The van der Waals surface area contributed by atoms with E-state index in [9.17, 15) is 18.0 Å². The Labute approximate surface area is 228 Å². The topological polar surface area (TPSA) is 65.9 Å². The van der Waals surface area contributed by atoms with Crippen molar-refractivity contribution in [2.75, 3.05) is 70.5 Å². The molecule has 216 valence electrons. The van der Waals surface area contributed by atoms with Gasteiger partial charge in [-0.3, -0.25) is 14.4 Å². The summed E-state index contributed by atoms with van der Waals surface area (Å²) in [5.41, 5.74) is -0.0472. The van der Waals surface area contributed by atoms with Gasteiger partial charge in [-0.2, -0.15) is 18.3 Å². The minimum Gasteiger partial charge on any atom is -0.380 e. The fourth-order valence-electron chi connectivity index (χ4n) is 6.12. The first-order chi connectivity index (χ1) is 18.8. The fourth-order valence-corrected chi connectivity index (χ4v) is 6.12. The zero-order valence-corrected chi connectivity index (χ0v) is 22.9. The Kier molecular flexibility index (Phi) is 8.98. The number of rotatable bonds is 6. The summed E-state index contributed by atoms with van der Waals surface area (Å²) in [6.45, 7) is 8.78. The minimum absolute atomic E-state index is 0.0805. The molecule has 3 aliphatic heterocycles. The smallest absolute Gasteiger partial charge is 0.380 e. The number of likely N-dealkylation sites (tertiary alicyclic amines) is 1. The molecule has 1 amide bonds. The first-order valence-corrected chi connectivity index (χ1v) is 14.5. The molecule has 1 aromatic heterocycles. The second-order valence-electron chi connectivity index (χ2n) is 11.2. The number of ether oxygens (including phenoxy) is 1. The molecule has 11 heteroatoms. The summed E-state index contributed by atoms with van der Waals surface area (Å²) in [5, 5.41) is 7.18. The van der Waals surface area contributed by atoms with Crippen LogP contribution in [-0.2, 0) is 18.0 Å². The summed E-state index contributed by atoms with van der Waals surface area (Å²) in [5.74, 6) is -0.531. The van der Waals surface area contributed by atoms with Gasteiger partial charge in [-0.15, -0.1) is 0 Å². The van der Waals surface area contributed by atoms with Gasteiger partial charge in [0.2, 0.25) is 0 Å². The van der Waals surface area contributed by atoms with Crippen molar-refractivity contribution in [1.29, 1.82) is 0 Å². The molecule has 39 heavy (non-hydrogen) atoms. The highest BCUT2D eigenvalue weighted by atomic mass is 19.4. The Morgan fingerprint density at radius 3 is 2.33 bits per heavy atom. The van der Waals surface area contributed by atoms with Gasteiger partial charge in [0.1, 0.15) is 0 Å². The van der Waals surface area contributed by atoms with E-state index in [0.717, 1.165) is 111 Å². The van der Waals surface area contributed by atoms with E-state index in [4.69, 9.17) is 4.74 Å². The number of hydrogen-bond donors (Lipinski definition) is 1. The van der Waals surface area contributed by atoms with Crippen LogP contribution in [0.1, 0.15) is 61.0 Å². The summed E-state index contributed by atoms with van der Waals surface area (Å²) < 4.78 is 49.9. The molecule has 3 fully saturated rings. The van der Waals surface area contributed by atoms with Crippen LogP contribution in [0, 0.1) is 0 Å². The number of halogens is 3. The van der Waals surface area contributed by atoms with Gasteiger partial charge < -0.3 is 19.9 Å². The van der Waals surface area contributed by atoms with Gasteiger partial charge in [0, 0.05) is 83.1 Å². The van der Waals surface area contributed by atoms with E-state index >= 15 is 0 Å². The third kappa shape index (κ3) is 6.86. The van der Waals surface area contributed by atoms with Crippen LogP contribution in [0.4, 0.5) is 18.9 Å². The second-order valence-corrected chi connectivity index (χ2v) is 11.2. The highest BCUT2D eigenvalue weighted by molar-refractivity contribution is 6.07. The number of nitrogens with zero attached hydrogens (tertiary/aromatic N) is 5. The lowest BCUT2D eigenvalue weighted by Crippen LogP contribution is -2.46. The van der Waals surface area contributed by atoms with E-state index in [1.807, 2.05) is 4.90 Å². The van der Waals surface area contributed by atoms with Crippen molar-refractivity contribution in [2.45, 2.75) is 57.2 Å². The van der Waals surface area contributed by atoms with E-state index in [-0.39, 0.29) is 17.1 Å². The predicted molar refractivity (Wildman–Crippen MR) is 145 cm³/mol. The van der Waals surface area contributed by atoms with Gasteiger partial charge in [-0.05, 0) is 44.2 Å². The van der Waals surface area contributed by atoms with Gasteiger partial charge in [0.05, 0.1) is 17.7 Å². The van der Waals surface area contributed by atoms with Crippen molar-refractivity contribution in [3.63, 3.8) is 0 Å². The normalized spacial score (nSPS) is 21.2. The van der Waals surface area contributed by atoms with Crippen molar-refractivity contribution in [1.82, 2.24) is 24.9 Å². The molecule has 1 N–H and O–H groups in total. The lowest BCUT2D eigenvalue weighted by Gasteiger charge is -2.33. The average molecular weight is 551 g/mol. The van der Waals surface area contributed by atoms with E-state index < -0.39 is 17.6 Å². The van der Waals surface area contributed by atoms with Crippen LogP contribution in [0.5, 0.6) is 0 Å². The molecule has 2 aromatic rings. The standard InChI is InChI=1S/C28H41F3N6O2/c1-34-24-20-22(37-10-4-2-3-5-11-37)19-23(28(29,30)31)25(24)26(33-34)27(38)32-21-7-12-36(13-8-21)15-14-35-9-6-17-39-18-16-35/h19-21H,2-18H2,1H3,(H,32,38). The molecule has 0 aliphatic carbocycles. The summed E-state index contributed by atoms with van der Waals surface area (Å²) in [4.78, 5) is 20.2. The van der Waals surface area contributed by atoms with Crippen molar-refractivity contribution >= 4 is 22.5 Å². The first-order valence-electron chi connectivity index (χ1n) is 14.5. The zero-order chi connectivity index (χ0) is 27.4. The highest BCUT2D eigenvalue weighted by Gasteiger charge is 2.37. The highest BCUT2D eigenvalue weighted by Crippen LogP contribution is 2.39. The Hall–Kier alpha value is -2.37. The zero-order valence-electron chi connectivity index (χ0n) is 22.9. The number of nitrogens with one attached hydrogen (secondary N) is 1. The summed E-state index contributed by atoms with van der Waals surface area (Å²) >= 11 is 0. The van der Waals surface area contributed by atoms with Crippen LogP contribution in [0.2, 0.25) is 0 Å². The fraction of sp³-hybridized carbons (Fsp3) is 0.714. The maximum atomic E-state index is 14.3. The summed E-state index contributed by atoms with van der Waals surface area (Å²) in [7, 11) is 1.61. The Morgan fingerprint density at radius 2 is 1.64 bits per heavy atom. The van der Waals surface area contributed by atoms with E-state index in [1.165, 1.54) is 10.7 Å². The molecule has 3 saturated heterocycles. The second kappa shape index (κ2) is 12.4. The van der Waals surface area contributed by atoms with Crippen LogP contribution >= 0.6 is 0 Å². The van der Waals surface area contributed by atoms with Gasteiger partial charge in [-0.25, -0.2) is 0 Å². The molecule has 3 aliphatic rings. The lowest BCUT2D eigenvalue weighted by molar-refractivity contribution is -0.136. The van der Waals surface area contributed by atoms with E-state index in [2.05, 4.69) is 20.2 Å². The van der Waals surface area contributed by atoms with Crippen LogP contribution in [0.3, 0.4) is 0 Å². The molecule has 0 saturated carbocycles. The van der Waals surface area contributed by atoms with Crippen molar-refractivity contribution < 1.29 is 22.7 Å². The van der Waals surface area contributed by atoms with Crippen molar-refractivity contribution in [2.24, 2.45) is 7.05 Å². The molecule has 4 heterocycles. The number of fused-ring (bicyclic) bond motifs is 1. The predicted octanol–water partition coefficient (Wildman–Crippen LogP) is 3.89. The molecule has 0 unspecified atom stereocenters. The number of benzene rings is 1. The number of aryl methyl sites for hydroxylation is 1. The third-order valence-electron chi connectivity index (χ3n) is 8.40. The minimum atomic E-state index is -4.59. The SMILES string of the molecule is Cn1nc(C(=O)NC2CCN(CCN3CCCOCC3)CC2)c2c(C(F)(F)F)cc(N3CCCCCC3)cc21. The van der Waals surface area contributed by atoms with Gasteiger partial charge in [0.25, 0.3) is 5.91 Å². The largest absolute Gasteiger partial charge is 0.417 e. The Bertz CT molecular complexity index is 1110. The third-order valence-corrected chi connectivity index (χ3v) is 8.40. The summed E-state index contributed by atoms with van der Waals surface area (Å²) in [6, 6.07) is 2.89. The summed E-state index contributed by atoms with van der Waals surface area (Å²) in [6.07, 6.45) is 2.11. The van der Waals surface area contributed by atoms with Crippen LogP contribution in [0.25, 0.3) is 10.9 Å². The Morgan fingerprint density at radius 1 is 0.949 bits per heavy atom. The van der Waals surface area contributed by atoms with Crippen molar-refractivity contribution in [3.8, 4) is 0 Å². The lowest BCUT2D eigenvalue weighted by atomic mass is 10.0. The van der Waals surface area contributed by atoms with E-state index in [0.29, 0.717) is 11.2 Å². The first kappa shape index (κ1) is 28.2. The maximum absolute atomic E-state index is 14.3. The van der Waals surface area contributed by atoms with Crippen LogP contribution in [-0.4, -0.2) is 97.1 Å². The number of alkyl halides is 3. The van der Waals surface area contributed by atoms with Gasteiger partial charge in [0.15, 0.2) is 5.69 Å². The molecule has 5 rings (SSSR count). The van der Waals surface area contributed by atoms with Crippen molar-refractivity contribution in [3.05, 3.63) is 23.4 Å². The molecular formula is C28H41F3N6O2. The number of amides is 1. The maximum Gasteiger partial charge on any atom is 0.417 e. The van der Waals surface area contributed by atoms with Crippen LogP contribution < -0.4 is 10.2 Å². The molecule has 0 radical (unpaired) electrons. The molecule has 1 aromatic carbocycles. The molecule has 8 nitrogen and oxygen atoms in total.